The molecule has 1 N–H and O–H groups in total. The summed E-state index contributed by atoms with van der Waals surface area (Å²) >= 11 is 14.3. The summed E-state index contributed by atoms with van der Waals surface area (Å²) in [6, 6.07) is 16.6. The second kappa shape index (κ2) is 15.9. The van der Waals surface area contributed by atoms with E-state index in [4.69, 9.17) is 47.5 Å². The van der Waals surface area contributed by atoms with Gasteiger partial charge in [0, 0.05) is 72.1 Å². The SMILES string of the molecule is COc1nc(-c2cccc(-c3cccc(-c4cc5c(=O)n(C)c(CN(C)[C@@H]6CCO6)nn5c4)c3Cl)c2Cl)ccc1CN(C[C@@H]1CCC(=O)N1)C(=O)OC(C)(C)C. The van der Waals surface area contributed by atoms with Crippen molar-refractivity contribution < 1.29 is 23.8 Å². The normalized spacial score (nSPS) is 16.9. The Morgan fingerprint density at radius 3 is 2.30 bits per heavy atom. The fourth-order valence-electron chi connectivity index (χ4n) is 6.99. The van der Waals surface area contributed by atoms with E-state index in [1.807, 2.05) is 87.4 Å². The molecule has 0 spiro atoms. The molecule has 0 aliphatic carbocycles. The Morgan fingerprint density at radius 2 is 1.68 bits per heavy atom. The number of rotatable bonds is 11. The molecule has 0 radical (unpaired) electrons. The number of benzene rings is 2. The second-order valence-corrected chi connectivity index (χ2v) is 16.0. The number of amides is 2. The lowest BCUT2D eigenvalue weighted by Crippen LogP contribution is -2.43. The van der Waals surface area contributed by atoms with E-state index < -0.39 is 11.7 Å². The largest absolute Gasteiger partial charge is 0.481 e. The quantitative estimate of drug-likeness (QED) is 0.151. The van der Waals surface area contributed by atoms with Crippen LogP contribution in [0, 0.1) is 0 Å². The zero-order valence-corrected chi connectivity index (χ0v) is 33.8. The molecule has 2 aromatic carbocycles. The highest BCUT2D eigenvalue weighted by Gasteiger charge is 2.30. The standard InChI is InChI=1S/C41H45Cl2N7O6/c1-41(2,3)56-40(53)49(22-26-14-16-34(51)44-26)20-24-13-15-31(45-38(24)54-6)30-12-8-11-29(37(30)43)28-10-7-9-27(36(28)42)25-19-32-39(52)48(5)33(46-50(32)21-25)23-47(4)35-17-18-55-35/h7-13,15,19,21,26,35H,14,16-18,20,22-23H2,1-6H3,(H,44,51)/t26-,35-/m0/s1. The van der Waals surface area contributed by atoms with E-state index in [-0.39, 0.29) is 36.8 Å². The van der Waals surface area contributed by atoms with Gasteiger partial charge >= 0.3 is 6.09 Å². The highest BCUT2D eigenvalue weighted by atomic mass is 35.5. The Kier molecular flexibility index (Phi) is 11.1. The first-order valence-electron chi connectivity index (χ1n) is 18.5. The number of nitrogens with one attached hydrogen (secondary N) is 1. The van der Waals surface area contributed by atoms with Crippen molar-refractivity contribution in [2.45, 2.75) is 71.0 Å². The van der Waals surface area contributed by atoms with Crippen molar-refractivity contribution in [3.8, 4) is 39.4 Å². The maximum atomic E-state index is 13.4. The van der Waals surface area contributed by atoms with Gasteiger partial charge in [0.1, 0.15) is 23.2 Å². The van der Waals surface area contributed by atoms with Crippen LogP contribution in [0.25, 0.3) is 39.0 Å². The molecule has 5 heterocycles. The third kappa shape index (κ3) is 8.13. The van der Waals surface area contributed by atoms with Crippen LogP contribution in [0.4, 0.5) is 4.79 Å². The fourth-order valence-corrected chi connectivity index (χ4v) is 7.65. The highest BCUT2D eigenvalue weighted by Crippen LogP contribution is 2.42. The Hall–Kier alpha value is -4.95. The molecule has 13 nitrogen and oxygen atoms in total. The number of methoxy groups -OCH3 is 1. The van der Waals surface area contributed by atoms with Crippen LogP contribution in [0.3, 0.4) is 0 Å². The van der Waals surface area contributed by atoms with Crippen molar-refractivity contribution in [2.75, 3.05) is 27.3 Å². The number of fused-ring (bicyclic) bond motifs is 1. The zero-order chi connectivity index (χ0) is 39.9. The number of hydrogen-bond acceptors (Lipinski definition) is 9. The van der Waals surface area contributed by atoms with Crippen molar-refractivity contribution in [1.82, 2.24) is 34.3 Å². The first-order chi connectivity index (χ1) is 26.7. The molecule has 2 aliphatic heterocycles. The first-order valence-corrected chi connectivity index (χ1v) is 19.3. The molecule has 0 bridgehead atoms. The number of aromatic nitrogens is 4. The first kappa shape index (κ1) is 39.3. The Balaban J connectivity index is 1.17. The maximum Gasteiger partial charge on any atom is 0.410 e. The molecular formula is C41H45Cl2N7O6. The number of ether oxygens (including phenoxy) is 3. The van der Waals surface area contributed by atoms with Gasteiger partial charge in [-0.2, -0.15) is 5.10 Å². The van der Waals surface area contributed by atoms with Gasteiger partial charge in [0.25, 0.3) is 5.56 Å². The van der Waals surface area contributed by atoms with E-state index in [1.165, 1.54) is 7.11 Å². The second-order valence-electron chi connectivity index (χ2n) is 15.2. The Labute approximate surface area is 335 Å². The number of halogens is 2. The van der Waals surface area contributed by atoms with Gasteiger partial charge in [-0.15, -0.1) is 0 Å². The summed E-state index contributed by atoms with van der Waals surface area (Å²) in [6.07, 6.45) is 3.32. The molecule has 7 rings (SSSR count). The lowest BCUT2D eigenvalue weighted by atomic mass is 9.97. The van der Waals surface area contributed by atoms with Gasteiger partial charge in [-0.25, -0.2) is 14.3 Å². The number of pyridine rings is 1. The van der Waals surface area contributed by atoms with Gasteiger partial charge in [-0.3, -0.25) is 19.1 Å². The van der Waals surface area contributed by atoms with E-state index >= 15 is 0 Å². The van der Waals surface area contributed by atoms with Gasteiger partial charge in [0.15, 0.2) is 0 Å². The third-order valence-corrected chi connectivity index (χ3v) is 10.9. The molecule has 0 saturated carbocycles. The van der Waals surface area contributed by atoms with Crippen LogP contribution in [0.1, 0.15) is 51.4 Å². The molecule has 56 heavy (non-hydrogen) atoms. The number of carbonyl (C=O) groups excluding carboxylic acids is 2. The van der Waals surface area contributed by atoms with Crippen LogP contribution in [0.5, 0.6) is 5.88 Å². The summed E-state index contributed by atoms with van der Waals surface area (Å²) in [5, 5.41) is 8.60. The predicted molar refractivity (Wildman–Crippen MR) is 215 cm³/mol. The Bertz CT molecular complexity index is 2370. The van der Waals surface area contributed by atoms with Crippen LogP contribution < -0.4 is 15.6 Å². The molecule has 294 valence electrons. The zero-order valence-electron chi connectivity index (χ0n) is 32.3. The van der Waals surface area contributed by atoms with Gasteiger partial charge in [-0.05, 0) is 52.4 Å². The molecule has 2 saturated heterocycles. The molecule has 2 atom stereocenters. The van der Waals surface area contributed by atoms with Crippen molar-refractivity contribution in [2.24, 2.45) is 7.05 Å². The minimum atomic E-state index is -0.705. The summed E-state index contributed by atoms with van der Waals surface area (Å²) in [7, 11) is 5.21. The van der Waals surface area contributed by atoms with E-state index in [2.05, 4.69) is 5.32 Å². The van der Waals surface area contributed by atoms with Crippen LogP contribution >= 0.6 is 23.2 Å². The molecule has 15 heteroatoms. The molecule has 2 amide bonds. The van der Waals surface area contributed by atoms with E-state index in [1.54, 1.807) is 27.1 Å². The summed E-state index contributed by atoms with van der Waals surface area (Å²) in [5.41, 5.74) is 4.27. The minimum Gasteiger partial charge on any atom is -0.481 e. The van der Waals surface area contributed by atoms with Crippen LogP contribution in [-0.4, -0.2) is 86.1 Å². The average Bonchev–Trinajstić information content (AvgIpc) is 3.75. The summed E-state index contributed by atoms with van der Waals surface area (Å²) in [4.78, 5) is 47.1. The third-order valence-electron chi connectivity index (χ3n) is 10.0. The van der Waals surface area contributed by atoms with E-state index in [0.29, 0.717) is 74.6 Å². The van der Waals surface area contributed by atoms with Crippen molar-refractivity contribution in [1.29, 1.82) is 0 Å². The van der Waals surface area contributed by atoms with E-state index in [9.17, 15) is 14.4 Å². The van der Waals surface area contributed by atoms with Gasteiger partial charge in [0.2, 0.25) is 11.8 Å². The van der Waals surface area contributed by atoms with Gasteiger partial charge in [0.05, 0.1) is 42.5 Å². The molecule has 0 unspecified atom stereocenters. The molecule has 2 fully saturated rings. The number of nitrogens with zero attached hydrogens (tertiary/aromatic N) is 6. The van der Waals surface area contributed by atoms with Crippen LogP contribution in [0.15, 0.2) is 65.6 Å². The molecule has 2 aliphatic rings. The van der Waals surface area contributed by atoms with Crippen molar-refractivity contribution in [3.63, 3.8) is 0 Å². The lowest BCUT2D eigenvalue weighted by Gasteiger charge is -2.34. The van der Waals surface area contributed by atoms with Gasteiger partial charge < -0.3 is 24.4 Å². The average molecular weight is 803 g/mol. The number of carbonyl (C=O) groups is 2. The van der Waals surface area contributed by atoms with Gasteiger partial charge in [-0.1, -0.05) is 59.6 Å². The predicted octanol–water partition coefficient (Wildman–Crippen LogP) is 6.94. The molecule has 5 aromatic rings. The fraction of sp³-hybridized carbons (Fsp3) is 0.390. The molecular weight excluding hydrogens is 757 g/mol. The topological polar surface area (TPSA) is 133 Å². The van der Waals surface area contributed by atoms with Crippen LogP contribution in [0.2, 0.25) is 10.0 Å². The smallest absolute Gasteiger partial charge is 0.410 e. The van der Waals surface area contributed by atoms with Crippen molar-refractivity contribution >= 4 is 40.7 Å². The lowest BCUT2D eigenvalue weighted by molar-refractivity contribution is -0.139. The highest BCUT2D eigenvalue weighted by molar-refractivity contribution is 6.39. The minimum absolute atomic E-state index is 0.0208. The Morgan fingerprint density at radius 1 is 1.00 bits per heavy atom. The summed E-state index contributed by atoms with van der Waals surface area (Å²) in [5.74, 6) is 0.897. The summed E-state index contributed by atoms with van der Waals surface area (Å²) < 4.78 is 20.2. The monoisotopic (exact) mass is 801 g/mol. The van der Waals surface area contributed by atoms with Crippen LogP contribution in [-0.2, 0) is 34.4 Å². The molecule has 3 aromatic heterocycles. The van der Waals surface area contributed by atoms with Crippen molar-refractivity contribution in [3.05, 3.63) is 92.6 Å². The van der Waals surface area contributed by atoms with E-state index in [0.717, 1.165) is 24.2 Å². The summed E-state index contributed by atoms with van der Waals surface area (Å²) in [6.45, 7) is 7.05. The maximum absolute atomic E-state index is 13.4. The number of hydrogen-bond donors (Lipinski definition) is 1.